The highest BCUT2D eigenvalue weighted by molar-refractivity contribution is 4.81. The van der Waals surface area contributed by atoms with Crippen LogP contribution in [0.5, 0.6) is 0 Å². The first-order valence-electron chi connectivity index (χ1n) is 3.13. The average Bonchev–Trinajstić information content (AvgIpc) is 1.92. The van der Waals surface area contributed by atoms with E-state index in [9.17, 15) is 0 Å². The first-order chi connectivity index (χ1) is 4.63. The summed E-state index contributed by atoms with van der Waals surface area (Å²) >= 11 is 0. The molecule has 0 aromatic rings. The van der Waals surface area contributed by atoms with Crippen molar-refractivity contribution >= 4 is 0 Å². The smallest absolute Gasteiger partial charge is 0.0652 e. The molecular weight excluding hydrogens is 136 g/mol. The zero-order valence-electron chi connectivity index (χ0n) is 5.99. The zero-order chi connectivity index (χ0) is 8.20. The summed E-state index contributed by atoms with van der Waals surface area (Å²) in [5.74, 6) is 0. The Bertz CT molecular complexity index is 79.5. The molecule has 10 heavy (non-hydrogen) atoms. The fourth-order valence-corrected chi connectivity index (χ4v) is 0.546. The Hall–Kier alpha value is -0.160. The lowest BCUT2D eigenvalue weighted by atomic mass is 9.86. The monoisotopic (exact) mass is 150 g/mol. The van der Waals surface area contributed by atoms with Crippen LogP contribution in [0.3, 0.4) is 0 Å². The summed E-state index contributed by atoms with van der Waals surface area (Å²) in [5.41, 5.74) is -1.15. The lowest BCUT2D eigenvalue weighted by Gasteiger charge is -2.30. The van der Waals surface area contributed by atoms with Gasteiger partial charge in [-0.3, -0.25) is 0 Å². The highest BCUT2D eigenvalue weighted by Gasteiger charge is 2.33. The third kappa shape index (κ3) is 1.67. The van der Waals surface area contributed by atoms with Crippen LogP contribution in [0.2, 0.25) is 0 Å². The van der Waals surface area contributed by atoms with Gasteiger partial charge in [0.05, 0.1) is 31.3 Å². The number of hydrogen-bond acceptors (Lipinski definition) is 4. The minimum atomic E-state index is -1.15. The predicted molar refractivity (Wildman–Crippen MR) is 35.4 cm³/mol. The molecule has 0 saturated carbocycles. The minimum Gasteiger partial charge on any atom is -0.396 e. The highest BCUT2D eigenvalue weighted by Crippen LogP contribution is 2.19. The Morgan fingerprint density at radius 1 is 1.10 bits per heavy atom. The van der Waals surface area contributed by atoms with Gasteiger partial charge < -0.3 is 20.4 Å². The number of rotatable bonds is 4. The van der Waals surface area contributed by atoms with Crippen molar-refractivity contribution in [2.24, 2.45) is 5.41 Å². The van der Waals surface area contributed by atoms with Crippen LogP contribution in [-0.2, 0) is 0 Å². The molecule has 4 N–H and O–H groups in total. The van der Waals surface area contributed by atoms with Crippen molar-refractivity contribution in [2.75, 3.05) is 19.8 Å². The topological polar surface area (TPSA) is 80.9 Å². The van der Waals surface area contributed by atoms with Crippen LogP contribution >= 0.6 is 0 Å². The summed E-state index contributed by atoms with van der Waals surface area (Å²) in [7, 11) is 0. The second kappa shape index (κ2) is 3.88. The average molecular weight is 150 g/mol. The molecular formula is C6H14O4. The van der Waals surface area contributed by atoms with Gasteiger partial charge in [0, 0.05) is 0 Å². The maximum Gasteiger partial charge on any atom is 0.0652 e. The summed E-state index contributed by atoms with van der Waals surface area (Å²) in [6.07, 6.45) is -0.910. The highest BCUT2D eigenvalue weighted by atomic mass is 16.3. The normalized spacial score (nSPS) is 15.3. The van der Waals surface area contributed by atoms with E-state index in [-0.39, 0.29) is 0 Å². The molecule has 4 heteroatoms. The van der Waals surface area contributed by atoms with E-state index in [2.05, 4.69) is 0 Å². The van der Waals surface area contributed by atoms with Gasteiger partial charge in [-0.25, -0.2) is 0 Å². The molecule has 1 atom stereocenters. The number of aliphatic hydroxyl groups is 4. The van der Waals surface area contributed by atoms with Gasteiger partial charge in [0.1, 0.15) is 0 Å². The summed E-state index contributed by atoms with van der Waals surface area (Å²) in [5, 5.41) is 35.0. The van der Waals surface area contributed by atoms with Crippen LogP contribution in [-0.4, -0.2) is 46.4 Å². The number of hydrogen-bond donors (Lipinski definition) is 4. The van der Waals surface area contributed by atoms with Gasteiger partial charge in [0.25, 0.3) is 0 Å². The molecule has 0 spiro atoms. The molecule has 0 unspecified atom stereocenters. The van der Waals surface area contributed by atoms with Crippen LogP contribution in [0.1, 0.15) is 6.92 Å². The van der Waals surface area contributed by atoms with Crippen LogP contribution < -0.4 is 0 Å². The largest absolute Gasteiger partial charge is 0.396 e. The van der Waals surface area contributed by atoms with E-state index >= 15 is 0 Å². The molecule has 0 amide bonds. The van der Waals surface area contributed by atoms with Gasteiger partial charge in [0.15, 0.2) is 0 Å². The van der Waals surface area contributed by atoms with Crippen LogP contribution in [0.4, 0.5) is 0 Å². The predicted octanol–water partition coefficient (Wildman–Crippen LogP) is -1.67. The Kier molecular flexibility index (Phi) is 3.81. The van der Waals surface area contributed by atoms with E-state index in [1.807, 2.05) is 0 Å². The Morgan fingerprint density at radius 3 is 1.40 bits per heavy atom. The van der Waals surface area contributed by atoms with Gasteiger partial charge in [-0.2, -0.15) is 0 Å². The van der Waals surface area contributed by atoms with E-state index < -0.39 is 31.3 Å². The van der Waals surface area contributed by atoms with E-state index in [1.165, 1.54) is 6.92 Å². The molecule has 0 aromatic heterocycles. The van der Waals surface area contributed by atoms with Crippen molar-refractivity contribution in [3.63, 3.8) is 0 Å². The van der Waals surface area contributed by atoms with Gasteiger partial charge in [-0.1, -0.05) is 0 Å². The fraction of sp³-hybridized carbons (Fsp3) is 1.00. The molecule has 4 nitrogen and oxygen atoms in total. The molecule has 0 heterocycles. The summed E-state index contributed by atoms with van der Waals surface area (Å²) < 4.78 is 0. The first kappa shape index (κ1) is 9.84. The molecule has 0 radical (unpaired) electrons. The van der Waals surface area contributed by atoms with Gasteiger partial charge in [-0.15, -0.1) is 0 Å². The molecule has 0 aliphatic rings. The third-order valence-corrected chi connectivity index (χ3v) is 1.83. The molecule has 0 aromatic carbocycles. The van der Waals surface area contributed by atoms with E-state index in [0.29, 0.717) is 0 Å². The van der Waals surface area contributed by atoms with Crippen molar-refractivity contribution < 1.29 is 20.4 Å². The molecule has 0 fully saturated rings. The number of aliphatic hydroxyl groups excluding tert-OH is 4. The SMILES string of the molecule is C[C@H](O)C(CO)(CO)CO. The summed E-state index contributed by atoms with van der Waals surface area (Å²) in [6.45, 7) is 0.162. The van der Waals surface area contributed by atoms with E-state index in [1.54, 1.807) is 0 Å². The second-order valence-electron chi connectivity index (χ2n) is 2.51. The van der Waals surface area contributed by atoms with E-state index in [0.717, 1.165) is 0 Å². The fourth-order valence-electron chi connectivity index (χ4n) is 0.546. The molecule has 0 rings (SSSR count). The molecule has 62 valence electrons. The standard InChI is InChI=1S/C6H14O4/c1-5(10)6(2-7,3-8)4-9/h5,7-10H,2-4H2,1H3/t5-/m0/s1. The van der Waals surface area contributed by atoms with Crippen molar-refractivity contribution in [3.05, 3.63) is 0 Å². The maximum absolute atomic E-state index is 8.98. The minimum absolute atomic E-state index is 0.419. The second-order valence-corrected chi connectivity index (χ2v) is 2.51. The molecule has 0 bridgehead atoms. The quantitative estimate of drug-likeness (QED) is 0.386. The first-order valence-corrected chi connectivity index (χ1v) is 3.13. The van der Waals surface area contributed by atoms with Crippen LogP contribution in [0, 0.1) is 5.41 Å². The van der Waals surface area contributed by atoms with Crippen LogP contribution in [0.25, 0.3) is 0 Å². The van der Waals surface area contributed by atoms with Crippen molar-refractivity contribution in [2.45, 2.75) is 13.0 Å². The molecule has 0 aliphatic heterocycles. The van der Waals surface area contributed by atoms with E-state index in [4.69, 9.17) is 20.4 Å². The zero-order valence-corrected chi connectivity index (χ0v) is 5.99. The van der Waals surface area contributed by atoms with Gasteiger partial charge >= 0.3 is 0 Å². The Labute approximate surface area is 59.7 Å². The van der Waals surface area contributed by atoms with Gasteiger partial charge in [0.2, 0.25) is 0 Å². The third-order valence-electron chi connectivity index (χ3n) is 1.83. The van der Waals surface area contributed by atoms with Crippen molar-refractivity contribution in [3.8, 4) is 0 Å². The van der Waals surface area contributed by atoms with Crippen LogP contribution in [0.15, 0.2) is 0 Å². The Morgan fingerprint density at radius 2 is 1.40 bits per heavy atom. The maximum atomic E-state index is 8.98. The molecule has 0 saturated heterocycles. The summed E-state index contributed by atoms with van der Waals surface area (Å²) in [4.78, 5) is 0. The van der Waals surface area contributed by atoms with Crippen molar-refractivity contribution in [1.29, 1.82) is 0 Å². The summed E-state index contributed by atoms with van der Waals surface area (Å²) in [6, 6.07) is 0. The van der Waals surface area contributed by atoms with Crippen molar-refractivity contribution in [1.82, 2.24) is 0 Å². The lowest BCUT2D eigenvalue weighted by Crippen LogP contribution is -2.43. The van der Waals surface area contributed by atoms with Gasteiger partial charge in [-0.05, 0) is 6.92 Å². The lowest BCUT2D eigenvalue weighted by molar-refractivity contribution is -0.0750. The molecule has 0 aliphatic carbocycles. The Balaban J connectivity index is 4.15.